The van der Waals surface area contributed by atoms with Gasteiger partial charge in [0.25, 0.3) is 0 Å². The minimum atomic E-state index is -0.918. The van der Waals surface area contributed by atoms with Crippen LogP contribution in [0.1, 0.15) is 84.3 Å². The SMILES string of the molecule is CCCCCCCCC[C@@H]1CC(=O)NCC(=O)N[C@@H](Cc2cnc[nH]2)C(=O)N[C@@H](C(C)C)C(=O)N1. The van der Waals surface area contributed by atoms with E-state index in [9.17, 15) is 19.2 Å². The first-order valence-corrected chi connectivity index (χ1v) is 12.9. The Balaban J connectivity index is 2.08. The molecule has 196 valence electrons. The molecule has 1 aromatic rings. The van der Waals surface area contributed by atoms with E-state index in [4.69, 9.17) is 0 Å². The molecular formula is C25H42N6O4. The minimum absolute atomic E-state index is 0.0885. The zero-order valence-corrected chi connectivity index (χ0v) is 21.3. The number of nitrogens with zero attached hydrogens (tertiary/aromatic N) is 1. The predicted molar refractivity (Wildman–Crippen MR) is 133 cm³/mol. The van der Waals surface area contributed by atoms with Gasteiger partial charge in [0.2, 0.25) is 23.6 Å². The molecule has 4 amide bonds. The lowest BCUT2D eigenvalue weighted by molar-refractivity contribution is -0.132. The molecule has 0 aromatic carbocycles. The molecule has 0 bridgehead atoms. The van der Waals surface area contributed by atoms with Gasteiger partial charge in [0.05, 0.1) is 12.9 Å². The highest BCUT2D eigenvalue weighted by atomic mass is 16.2. The molecule has 1 aromatic heterocycles. The quantitative estimate of drug-likeness (QED) is 0.300. The number of aromatic nitrogens is 2. The Morgan fingerprint density at radius 3 is 2.29 bits per heavy atom. The normalized spacial score (nSPS) is 22.3. The summed E-state index contributed by atoms with van der Waals surface area (Å²) in [5.74, 6) is -1.74. The number of hydrogen-bond donors (Lipinski definition) is 5. The van der Waals surface area contributed by atoms with Gasteiger partial charge >= 0.3 is 0 Å². The predicted octanol–water partition coefficient (Wildman–Crippen LogP) is 1.72. The number of hydrogen-bond acceptors (Lipinski definition) is 5. The number of carbonyl (C=O) groups excluding carboxylic acids is 4. The van der Waals surface area contributed by atoms with Crippen molar-refractivity contribution in [2.45, 2.75) is 103 Å². The van der Waals surface area contributed by atoms with Crippen molar-refractivity contribution in [3.8, 4) is 0 Å². The third-order valence-corrected chi connectivity index (χ3v) is 6.26. The highest BCUT2D eigenvalue weighted by Gasteiger charge is 2.31. The number of rotatable bonds is 11. The van der Waals surface area contributed by atoms with E-state index < -0.39 is 23.9 Å². The first kappa shape index (κ1) is 28.3. The molecule has 2 rings (SSSR count). The first-order valence-electron chi connectivity index (χ1n) is 12.9. The minimum Gasteiger partial charge on any atom is -0.351 e. The van der Waals surface area contributed by atoms with Gasteiger partial charge in [-0.25, -0.2) is 4.98 Å². The van der Waals surface area contributed by atoms with Crippen molar-refractivity contribution in [2.24, 2.45) is 5.92 Å². The fourth-order valence-corrected chi connectivity index (χ4v) is 4.20. The average Bonchev–Trinajstić information content (AvgIpc) is 3.32. The molecule has 1 saturated heterocycles. The number of unbranched alkanes of at least 4 members (excludes halogenated alkanes) is 6. The average molecular weight is 491 g/mol. The Labute approximate surface area is 208 Å². The van der Waals surface area contributed by atoms with Crippen LogP contribution >= 0.6 is 0 Å². The number of imidazole rings is 1. The van der Waals surface area contributed by atoms with Crippen LogP contribution in [0.4, 0.5) is 0 Å². The molecule has 3 atom stereocenters. The highest BCUT2D eigenvalue weighted by Crippen LogP contribution is 2.13. The van der Waals surface area contributed by atoms with E-state index in [1.54, 1.807) is 6.20 Å². The summed E-state index contributed by atoms with van der Waals surface area (Å²) in [7, 11) is 0. The number of amides is 4. The largest absolute Gasteiger partial charge is 0.351 e. The van der Waals surface area contributed by atoms with Gasteiger partial charge < -0.3 is 26.3 Å². The van der Waals surface area contributed by atoms with Crippen LogP contribution < -0.4 is 21.3 Å². The molecular weight excluding hydrogens is 448 g/mol. The molecule has 0 spiro atoms. The second-order valence-corrected chi connectivity index (χ2v) is 9.73. The van der Waals surface area contributed by atoms with Gasteiger partial charge in [0.15, 0.2) is 0 Å². The molecule has 1 aliphatic rings. The maximum Gasteiger partial charge on any atom is 0.243 e. The fraction of sp³-hybridized carbons (Fsp3) is 0.720. The van der Waals surface area contributed by atoms with Crippen molar-refractivity contribution in [3.05, 3.63) is 18.2 Å². The highest BCUT2D eigenvalue weighted by molar-refractivity contribution is 5.94. The van der Waals surface area contributed by atoms with Gasteiger partial charge in [-0.3, -0.25) is 19.2 Å². The second-order valence-electron chi connectivity index (χ2n) is 9.73. The Morgan fingerprint density at radius 2 is 1.63 bits per heavy atom. The molecule has 2 heterocycles. The van der Waals surface area contributed by atoms with E-state index in [2.05, 4.69) is 38.2 Å². The maximum absolute atomic E-state index is 13.2. The molecule has 0 aliphatic carbocycles. The maximum atomic E-state index is 13.2. The van der Waals surface area contributed by atoms with Crippen molar-refractivity contribution >= 4 is 23.6 Å². The van der Waals surface area contributed by atoms with Gasteiger partial charge in [-0.2, -0.15) is 0 Å². The molecule has 5 N–H and O–H groups in total. The third kappa shape index (κ3) is 10.5. The number of nitrogens with one attached hydrogen (secondary N) is 5. The monoisotopic (exact) mass is 490 g/mol. The van der Waals surface area contributed by atoms with Crippen LogP contribution in [0.2, 0.25) is 0 Å². The second kappa shape index (κ2) is 15.2. The van der Waals surface area contributed by atoms with E-state index in [1.807, 2.05) is 13.8 Å². The van der Waals surface area contributed by atoms with E-state index in [-0.39, 0.29) is 43.2 Å². The molecule has 0 unspecified atom stereocenters. The van der Waals surface area contributed by atoms with Gasteiger partial charge in [0, 0.05) is 30.8 Å². The van der Waals surface area contributed by atoms with Crippen LogP contribution in [0.25, 0.3) is 0 Å². The first-order chi connectivity index (χ1) is 16.8. The van der Waals surface area contributed by atoms with Crippen molar-refractivity contribution < 1.29 is 19.2 Å². The lowest BCUT2D eigenvalue weighted by atomic mass is 9.99. The summed E-state index contributed by atoms with van der Waals surface area (Å²) in [5.41, 5.74) is 0.666. The summed E-state index contributed by atoms with van der Waals surface area (Å²) < 4.78 is 0. The Kier molecular flexibility index (Phi) is 12.3. The van der Waals surface area contributed by atoms with Gasteiger partial charge in [0.1, 0.15) is 12.1 Å². The lowest BCUT2D eigenvalue weighted by Crippen LogP contribution is -2.57. The van der Waals surface area contributed by atoms with Gasteiger partial charge in [-0.05, 0) is 12.3 Å². The van der Waals surface area contributed by atoms with Crippen molar-refractivity contribution in [1.29, 1.82) is 0 Å². The summed E-state index contributed by atoms with van der Waals surface area (Å²) in [6.45, 7) is 5.65. The Bertz CT molecular complexity index is 811. The van der Waals surface area contributed by atoms with Crippen LogP contribution in [0.3, 0.4) is 0 Å². The lowest BCUT2D eigenvalue weighted by Gasteiger charge is -2.27. The van der Waals surface area contributed by atoms with Gasteiger partial charge in [-0.15, -0.1) is 0 Å². The van der Waals surface area contributed by atoms with Crippen LogP contribution in [-0.4, -0.2) is 58.3 Å². The van der Waals surface area contributed by atoms with E-state index in [0.29, 0.717) is 12.1 Å². The van der Waals surface area contributed by atoms with Crippen molar-refractivity contribution in [3.63, 3.8) is 0 Å². The Hall–Kier alpha value is -2.91. The molecule has 0 radical (unpaired) electrons. The zero-order chi connectivity index (χ0) is 25.6. The molecule has 1 fully saturated rings. The molecule has 10 nitrogen and oxygen atoms in total. The number of carbonyl (C=O) groups is 4. The van der Waals surface area contributed by atoms with Gasteiger partial charge in [-0.1, -0.05) is 65.7 Å². The van der Waals surface area contributed by atoms with Crippen LogP contribution in [0.5, 0.6) is 0 Å². The molecule has 1 aliphatic heterocycles. The van der Waals surface area contributed by atoms with E-state index >= 15 is 0 Å². The van der Waals surface area contributed by atoms with Crippen LogP contribution in [-0.2, 0) is 25.6 Å². The Morgan fingerprint density at radius 1 is 0.914 bits per heavy atom. The molecule has 35 heavy (non-hydrogen) atoms. The van der Waals surface area contributed by atoms with Crippen LogP contribution in [0, 0.1) is 5.92 Å². The van der Waals surface area contributed by atoms with E-state index in [1.165, 1.54) is 32.0 Å². The number of aromatic amines is 1. The zero-order valence-electron chi connectivity index (χ0n) is 21.3. The van der Waals surface area contributed by atoms with Crippen LogP contribution in [0.15, 0.2) is 12.5 Å². The van der Waals surface area contributed by atoms with E-state index in [0.717, 1.165) is 19.3 Å². The summed E-state index contributed by atoms with van der Waals surface area (Å²) in [6, 6.07) is -2.07. The number of H-pyrrole nitrogens is 1. The summed E-state index contributed by atoms with van der Waals surface area (Å²) in [4.78, 5) is 58.1. The fourth-order valence-electron chi connectivity index (χ4n) is 4.20. The standard InChI is InChI=1S/C25H42N6O4/c1-4-5-6-7-8-9-10-11-18-13-21(32)27-15-22(33)30-20(12-19-14-26-16-28-19)24(34)31-23(17(2)3)25(35)29-18/h14,16-18,20,23H,4-13,15H2,1-3H3,(H,26,28)(H,27,32)(H,29,35)(H,30,33)(H,31,34)/t18-,20+,23+/m1/s1. The summed E-state index contributed by atoms with van der Waals surface area (Å²) >= 11 is 0. The molecule has 0 saturated carbocycles. The summed E-state index contributed by atoms with van der Waals surface area (Å²) in [5, 5.41) is 11.1. The third-order valence-electron chi connectivity index (χ3n) is 6.26. The topological polar surface area (TPSA) is 145 Å². The van der Waals surface area contributed by atoms with Crippen molar-refractivity contribution in [1.82, 2.24) is 31.2 Å². The summed E-state index contributed by atoms with van der Waals surface area (Å²) in [6.07, 6.45) is 12.0. The smallest absolute Gasteiger partial charge is 0.243 e. The van der Waals surface area contributed by atoms with Crippen molar-refractivity contribution in [2.75, 3.05) is 6.54 Å². The molecule has 10 heteroatoms.